The second-order valence-electron chi connectivity index (χ2n) is 3.53. The quantitative estimate of drug-likeness (QED) is 0.767. The van der Waals surface area contributed by atoms with Crippen molar-refractivity contribution in [2.75, 3.05) is 0 Å². The maximum Gasteiger partial charge on any atom is 0.433 e. The molecule has 100 valence electrons. The summed E-state index contributed by atoms with van der Waals surface area (Å²) in [5, 5.41) is 7.56. The first-order valence-electron chi connectivity index (χ1n) is 5.09. The molecule has 0 spiro atoms. The highest BCUT2D eigenvalue weighted by Gasteiger charge is 2.31. The summed E-state index contributed by atoms with van der Waals surface area (Å²) in [6.45, 7) is 0.0837. The number of pyridine rings is 1. The lowest BCUT2D eigenvalue weighted by Gasteiger charge is -2.07. The Morgan fingerprint density at radius 1 is 1.11 bits per heavy atom. The van der Waals surface area contributed by atoms with E-state index in [0.717, 1.165) is 16.0 Å². The molecule has 0 amide bonds. The van der Waals surface area contributed by atoms with Gasteiger partial charge in [0.05, 0.1) is 0 Å². The summed E-state index contributed by atoms with van der Waals surface area (Å²) in [4.78, 5) is 3.33. The van der Waals surface area contributed by atoms with Crippen LogP contribution in [0.4, 0.5) is 13.2 Å². The normalized spacial score (nSPS) is 11.4. The van der Waals surface area contributed by atoms with Crippen molar-refractivity contribution in [2.24, 2.45) is 0 Å². The number of hydrogen-bond donors (Lipinski definition) is 0. The number of alkyl halides is 3. The smallest absolute Gasteiger partial charge is 0.433 e. The van der Waals surface area contributed by atoms with Crippen molar-refractivity contribution in [3.05, 3.63) is 45.4 Å². The van der Waals surface area contributed by atoms with Gasteiger partial charge in [-0.25, -0.2) is 0 Å². The molecule has 0 saturated carbocycles. The number of ether oxygens (including phenoxy) is 1. The van der Waals surface area contributed by atoms with Crippen LogP contribution >= 0.6 is 22.6 Å². The summed E-state index contributed by atoms with van der Waals surface area (Å²) in [7, 11) is 0. The Bertz CT molecular complexity index is 543. The molecule has 0 unspecified atom stereocenters. The fourth-order valence-corrected chi connectivity index (χ4v) is 1.50. The molecular formula is C11H7F3IN3O. The van der Waals surface area contributed by atoms with E-state index in [1.54, 1.807) is 12.1 Å². The van der Waals surface area contributed by atoms with Gasteiger partial charge in [0.15, 0.2) is 0 Å². The highest BCUT2D eigenvalue weighted by molar-refractivity contribution is 14.1. The van der Waals surface area contributed by atoms with Gasteiger partial charge in [0, 0.05) is 17.8 Å². The van der Waals surface area contributed by atoms with Gasteiger partial charge in [0.1, 0.15) is 16.0 Å². The molecule has 8 heteroatoms. The number of halogens is 4. The van der Waals surface area contributed by atoms with Gasteiger partial charge in [0.25, 0.3) is 0 Å². The van der Waals surface area contributed by atoms with E-state index in [1.165, 1.54) is 6.07 Å². The van der Waals surface area contributed by atoms with Crippen LogP contribution in [0.25, 0.3) is 0 Å². The number of hydrogen-bond acceptors (Lipinski definition) is 4. The molecule has 0 aliphatic carbocycles. The molecule has 19 heavy (non-hydrogen) atoms. The second kappa shape index (κ2) is 5.68. The Balaban J connectivity index is 1.98. The first-order chi connectivity index (χ1) is 8.95. The van der Waals surface area contributed by atoms with Crippen LogP contribution in [-0.4, -0.2) is 15.2 Å². The summed E-state index contributed by atoms with van der Waals surface area (Å²) < 4.78 is 42.9. The highest BCUT2D eigenvalue weighted by atomic mass is 127. The maximum atomic E-state index is 12.3. The van der Waals surface area contributed by atoms with Gasteiger partial charge in [-0.15, -0.1) is 10.2 Å². The molecule has 4 nitrogen and oxygen atoms in total. The molecule has 0 bridgehead atoms. The molecule has 0 aliphatic heterocycles. The minimum atomic E-state index is -4.43. The van der Waals surface area contributed by atoms with E-state index in [1.807, 2.05) is 22.6 Å². The average Bonchev–Trinajstić information content (AvgIpc) is 2.37. The predicted octanol–water partition coefficient (Wildman–Crippen LogP) is 3.07. The van der Waals surface area contributed by atoms with E-state index >= 15 is 0 Å². The van der Waals surface area contributed by atoms with Crippen molar-refractivity contribution in [3.8, 4) is 5.88 Å². The van der Waals surface area contributed by atoms with Gasteiger partial charge in [-0.1, -0.05) is 6.07 Å². The molecule has 2 aromatic rings. The van der Waals surface area contributed by atoms with E-state index in [9.17, 15) is 13.2 Å². The monoisotopic (exact) mass is 381 g/mol. The maximum absolute atomic E-state index is 12.3. The second-order valence-corrected chi connectivity index (χ2v) is 4.64. The topological polar surface area (TPSA) is 47.9 Å². The molecule has 2 heterocycles. The van der Waals surface area contributed by atoms with Gasteiger partial charge < -0.3 is 4.74 Å². The summed E-state index contributed by atoms with van der Waals surface area (Å²) in [5.41, 5.74) is -0.404. The van der Waals surface area contributed by atoms with Crippen LogP contribution in [-0.2, 0) is 12.8 Å². The van der Waals surface area contributed by atoms with Crippen LogP contribution in [0, 0.1) is 3.70 Å². The minimum absolute atomic E-state index is 0.0837. The zero-order valence-electron chi connectivity index (χ0n) is 9.36. The summed E-state index contributed by atoms with van der Waals surface area (Å²) in [5.74, 6) is 0.306. The average molecular weight is 381 g/mol. The zero-order valence-corrected chi connectivity index (χ0v) is 11.5. The number of rotatable bonds is 3. The third-order valence-electron chi connectivity index (χ3n) is 2.11. The van der Waals surface area contributed by atoms with Crippen LogP contribution in [0.15, 0.2) is 30.5 Å². The van der Waals surface area contributed by atoms with E-state index in [0.29, 0.717) is 11.4 Å². The third kappa shape index (κ3) is 4.01. The Morgan fingerprint density at radius 2 is 1.89 bits per heavy atom. The van der Waals surface area contributed by atoms with Gasteiger partial charge in [0.2, 0.25) is 5.88 Å². The lowest BCUT2D eigenvalue weighted by molar-refractivity contribution is -0.141. The van der Waals surface area contributed by atoms with Crippen molar-refractivity contribution in [1.82, 2.24) is 15.2 Å². The van der Waals surface area contributed by atoms with Crippen LogP contribution < -0.4 is 4.74 Å². The number of nitrogens with zero attached hydrogens (tertiary/aromatic N) is 3. The molecule has 0 aliphatic rings. The fraction of sp³-hybridized carbons (Fsp3) is 0.182. The van der Waals surface area contributed by atoms with E-state index < -0.39 is 11.9 Å². The molecule has 2 rings (SSSR count). The fourth-order valence-electron chi connectivity index (χ4n) is 1.22. The van der Waals surface area contributed by atoms with Crippen molar-refractivity contribution < 1.29 is 17.9 Å². The highest BCUT2D eigenvalue weighted by Crippen LogP contribution is 2.27. The molecule has 0 radical (unpaired) electrons. The molecule has 0 N–H and O–H groups in total. The lowest BCUT2D eigenvalue weighted by atomic mass is 10.2. The van der Waals surface area contributed by atoms with Crippen molar-refractivity contribution in [1.29, 1.82) is 0 Å². The minimum Gasteiger partial charge on any atom is -0.472 e. The summed E-state index contributed by atoms with van der Waals surface area (Å²) in [6.07, 6.45) is -3.30. The van der Waals surface area contributed by atoms with Crippen LogP contribution in [0.2, 0.25) is 0 Å². The van der Waals surface area contributed by atoms with Gasteiger partial charge in [-0.2, -0.15) is 13.2 Å². The predicted molar refractivity (Wildman–Crippen MR) is 68.3 cm³/mol. The summed E-state index contributed by atoms with van der Waals surface area (Å²) in [6, 6.07) is 5.58. The molecule has 2 aromatic heterocycles. The third-order valence-corrected chi connectivity index (χ3v) is 2.68. The van der Waals surface area contributed by atoms with Crippen molar-refractivity contribution >= 4 is 22.6 Å². The number of aromatic nitrogens is 3. The molecule has 0 aromatic carbocycles. The standard InChI is InChI=1S/C11H7F3IN3O/c12-11(13,14)8-2-1-7(5-16-8)6-19-10-4-3-9(15)17-18-10/h1-5H,6H2. The lowest BCUT2D eigenvalue weighted by Crippen LogP contribution is -2.08. The van der Waals surface area contributed by atoms with Crippen LogP contribution in [0.3, 0.4) is 0 Å². The van der Waals surface area contributed by atoms with Gasteiger partial charge in [-0.05, 0) is 34.7 Å². The Morgan fingerprint density at radius 3 is 2.42 bits per heavy atom. The van der Waals surface area contributed by atoms with E-state index in [4.69, 9.17) is 4.74 Å². The molecule has 0 fully saturated rings. The Hall–Kier alpha value is -1.45. The largest absolute Gasteiger partial charge is 0.472 e. The molecular weight excluding hydrogens is 374 g/mol. The van der Waals surface area contributed by atoms with Crippen molar-refractivity contribution in [3.63, 3.8) is 0 Å². The van der Waals surface area contributed by atoms with E-state index in [2.05, 4.69) is 15.2 Å². The first-order valence-corrected chi connectivity index (χ1v) is 6.17. The first kappa shape index (κ1) is 14.0. The van der Waals surface area contributed by atoms with Crippen LogP contribution in [0.5, 0.6) is 5.88 Å². The van der Waals surface area contributed by atoms with E-state index in [-0.39, 0.29) is 6.61 Å². The summed E-state index contributed by atoms with van der Waals surface area (Å²) >= 11 is 2.00. The molecule has 0 atom stereocenters. The molecule has 0 saturated heterocycles. The SMILES string of the molecule is FC(F)(F)c1ccc(COc2ccc(I)nn2)cn1. The van der Waals surface area contributed by atoms with Gasteiger partial charge in [-0.3, -0.25) is 4.98 Å². The van der Waals surface area contributed by atoms with Crippen molar-refractivity contribution in [2.45, 2.75) is 12.8 Å². The van der Waals surface area contributed by atoms with Gasteiger partial charge >= 0.3 is 6.18 Å². The Labute approximate surface area is 120 Å². The zero-order chi connectivity index (χ0) is 13.9. The van der Waals surface area contributed by atoms with Crippen LogP contribution in [0.1, 0.15) is 11.3 Å². The Kier molecular flexibility index (Phi) is 4.17.